The zero-order valence-electron chi connectivity index (χ0n) is 10.9. The lowest BCUT2D eigenvalue weighted by Gasteiger charge is -2.25. The number of fused-ring (bicyclic) bond motifs is 1. The van der Waals surface area contributed by atoms with Gasteiger partial charge in [0.2, 0.25) is 0 Å². The molecule has 2 aromatic rings. The highest BCUT2D eigenvalue weighted by Crippen LogP contribution is 2.26. The molecule has 0 fully saturated rings. The Labute approximate surface area is 106 Å². The molecule has 0 radical (unpaired) electrons. The predicted molar refractivity (Wildman–Crippen MR) is 72.3 cm³/mol. The summed E-state index contributed by atoms with van der Waals surface area (Å²) < 4.78 is 7.02. The highest BCUT2D eigenvalue weighted by Gasteiger charge is 2.31. The molecule has 1 aromatic carbocycles. The molecule has 0 aliphatic rings. The second-order valence-electron chi connectivity index (χ2n) is 4.78. The third-order valence-electron chi connectivity index (χ3n) is 3.09. The number of anilines is 1. The maximum atomic E-state index is 12.0. The Morgan fingerprint density at radius 1 is 1.39 bits per heavy atom. The summed E-state index contributed by atoms with van der Waals surface area (Å²) in [6.45, 7) is 5.87. The number of benzene rings is 1. The molecule has 0 unspecified atom stereocenters. The summed E-state index contributed by atoms with van der Waals surface area (Å²) in [5.74, 6) is -0.245. The number of nitrogens with zero attached hydrogens (tertiary/aromatic N) is 1. The van der Waals surface area contributed by atoms with Gasteiger partial charge in [0.1, 0.15) is 5.54 Å². The van der Waals surface area contributed by atoms with Gasteiger partial charge in [-0.2, -0.15) is 0 Å². The van der Waals surface area contributed by atoms with E-state index in [-0.39, 0.29) is 5.97 Å². The molecule has 0 saturated heterocycles. The summed E-state index contributed by atoms with van der Waals surface area (Å²) >= 11 is 0. The molecule has 4 heteroatoms. The second kappa shape index (κ2) is 4.37. The highest BCUT2D eigenvalue weighted by atomic mass is 16.5. The molecule has 2 N–H and O–H groups in total. The highest BCUT2D eigenvalue weighted by molar-refractivity contribution is 5.87. The van der Waals surface area contributed by atoms with E-state index >= 15 is 0 Å². The quantitative estimate of drug-likeness (QED) is 0.668. The summed E-state index contributed by atoms with van der Waals surface area (Å²) in [5.41, 5.74) is 6.68. The van der Waals surface area contributed by atoms with Crippen LogP contribution < -0.4 is 5.73 Å². The lowest BCUT2D eigenvalue weighted by Crippen LogP contribution is -2.36. The molecule has 4 nitrogen and oxygen atoms in total. The van der Waals surface area contributed by atoms with Crippen LogP contribution in [0.3, 0.4) is 0 Å². The number of hydrogen-bond acceptors (Lipinski definition) is 3. The summed E-state index contributed by atoms with van der Waals surface area (Å²) in [6.07, 6.45) is 1.89. The first-order valence-corrected chi connectivity index (χ1v) is 6.01. The lowest BCUT2D eigenvalue weighted by molar-refractivity contribution is -0.151. The third-order valence-corrected chi connectivity index (χ3v) is 3.09. The summed E-state index contributed by atoms with van der Waals surface area (Å²) in [4.78, 5) is 12.0. The molecule has 0 atom stereocenters. The van der Waals surface area contributed by atoms with Gasteiger partial charge in [-0.1, -0.05) is 6.07 Å². The number of aromatic nitrogens is 1. The molecule has 1 heterocycles. The van der Waals surface area contributed by atoms with Crippen molar-refractivity contribution in [3.63, 3.8) is 0 Å². The maximum absolute atomic E-state index is 12.0. The van der Waals surface area contributed by atoms with Crippen LogP contribution in [0.25, 0.3) is 10.9 Å². The van der Waals surface area contributed by atoms with Crippen molar-refractivity contribution in [3.05, 3.63) is 30.5 Å². The Morgan fingerprint density at radius 2 is 2.11 bits per heavy atom. The van der Waals surface area contributed by atoms with Crippen molar-refractivity contribution < 1.29 is 9.53 Å². The molecule has 96 valence electrons. The van der Waals surface area contributed by atoms with E-state index in [1.54, 1.807) is 6.92 Å². The van der Waals surface area contributed by atoms with Crippen molar-refractivity contribution in [2.24, 2.45) is 0 Å². The number of carbonyl (C=O) groups excluding carboxylic acids is 1. The van der Waals surface area contributed by atoms with E-state index in [9.17, 15) is 4.79 Å². The van der Waals surface area contributed by atoms with Gasteiger partial charge in [-0.05, 0) is 44.4 Å². The zero-order chi connectivity index (χ0) is 13.3. The first-order valence-electron chi connectivity index (χ1n) is 6.01. The number of carbonyl (C=O) groups is 1. The minimum Gasteiger partial charge on any atom is -0.464 e. The molecular weight excluding hydrogens is 228 g/mol. The van der Waals surface area contributed by atoms with Crippen LogP contribution in [0.5, 0.6) is 0 Å². The third kappa shape index (κ3) is 1.94. The number of nitrogens with two attached hydrogens (primary N) is 1. The SMILES string of the molecule is CCOC(=O)C(C)(C)n1ccc2ccc(N)cc21. The van der Waals surface area contributed by atoms with Gasteiger partial charge in [0, 0.05) is 11.9 Å². The van der Waals surface area contributed by atoms with Crippen molar-refractivity contribution in [2.75, 3.05) is 12.3 Å². The molecule has 0 spiro atoms. The van der Waals surface area contributed by atoms with Gasteiger partial charge < -0.3 is 15.0 Å². The van der Waals surface area contributed by atoms with Gasteiger partial charge in [-0.3, -0.25) is 0 Å². The Balaban J connectivity index is 2.53. The van der Waals surface area contributed by atoms with Crippen LogP contribution in [-0.4, -0.2) is 17.1 Å². The van der Waals surface area contributed by atoms with Crippen LogP contribution in [-0.2, 0) is 15.1 Å². The fourth-order valence-corrected chi connectivity index (χ4v) is 2.04. The minimum absolute atomic E-state index is 0.245. The van der Waals surface area contributed by atoms with Gasteiger partial charge in [0.25, 0.3) is 0 Å². The number of ether oxygens (including phenoxy) is 1. The molecule has 0 saturated carbocycles. The Bertz CT molecular complexity index is 584. The minimum atomic E-state index is -0.744. The van der Waals surface area contributed by atoms with Crippen LogP contribution >= 0.6 is 0 Å². The topological polar surface area (TPSA) is 57.2 Å². The average Bonchev–Trinajstić information content (AvgIpc) is 2.72. The van der Waals surface area contributed by atoms with Gasteiger partial charge >= 0.3 is 5.97 Å². The second-order valence-corrected chi connectivity index (χ2v) is 4.78. The smallest absolute Gasteiger partial charge is 0.331 e. The number of nitrogen functional groups attached to an aromatic ring is 1. The summed E-state index contributed by atoms with van der Waals surface area (Å²) in [6, 6.07) is 7.64. The fraction of sp³-hybridized carbons (Fsp3) is 0.357. The van der Waals surface area contributed by atoms with E-state index in [4.69, 9.17) is 10.5 Å². The van der Waals surface area contributed by atoms with Crippen LogP contribution in [0.15, 0.2) is 30.5 Å². The predicted octanol–water partition coefficient (Wildman–Crippen LogP) is 2.52. The van der Waals surface area contributed by atoms with E-state index in [1.165, 1.54) is 0 Å². The Kier molecular flexibility index (Phi) is 3.03. The standard InChI is InChI=1S/C14H18N2O2/c1-4-18-13(17)14(2,3)16-8-7-10-5-6-11(15)9-12(10)16/h5-9H,4,15H2,1-3H3. The van der Waals surface area contributed by atoms with Crippen LogP contribution in [0.4, 0.5) is 5.69 Å². The first-order chi connectivity index (χ1) is 8.46. The molecule has 0 bridgehead atoms. The van der Waals surface area contributed by atoms with Gasteiger partial charge in [-0.25, -0.2) is 4.79 Å². The van der Waals surface area contributed by atoms with E-state index in [0.717, 1.165) is 10.9 Å². The molecule has 1 aromatic heterocycles. The van der Waals surface area contributed by atoms with Crippen LogP contribution in [0.1, 0.15) is 20.8 Å². The van der Waals surface area contributed by atoms with Gasteiger partial charge in [0.15, 0.2) is 0 Å². The molecule has 0 aliphatic carbocycles. The summed E-state index contributed by atoms with van der Waals surface area (Å²) in [5, 5.41) is 1.06. The van der Waals surface area contributed by atoms with Gasteiger partial charge in [0.05, 0.1) is 12.1 Å². The normalized spacial score (nSPS) is 11.7. The van der Waals surface area contributed by atoms with Crippen LogP contribution in [0.2, 0.25) is 0 Å². The first kappa shape index (κ1) is 12.5. The van der Waals surface area contributed by atoms with E-state index in [0.29, 0.717) is 12.3 Å². The van der Waals surface area contributed by atoms with Crippen LogP contribution in [0, 0.1) is 0 Å². The monoisotopic (exact) mass is 246 g/mol. The number of rotatable bonds is 3. The Hall–Kier alpha value is -1.97. The van der Waals surface area contributed by atoms with Crippen molar-refractivity contribution in [1.82, 2.24) is 4.57 Å². The average molecular weight is 246 g/mol. The number of esters is 1. The molecule has 18 heavy (non-hydrogen) atoms. The zero-order valence-corrected chi connectivity index (χ0v) is 10.9. The fourth-order valence-electron chi connectivity index (χ4n) is 2.04. The van der Waals surface area contributed by atoms with Crippen molar-refractivity contribution in [1.29, 1.82) is 0 Å². The maximum Gasteiger partial charge on any atom is 0.331 e. The van der Waals surface area contributed by atoms with E-state index < -0.39 is 5.54 Å². The van der Waals surface area contributed by atoms with Crippen molar-refractivity contribution in [2.45, 2.75) is 26.3 Å². The van der Waals surface area contributed by atoms with E-state index in [2.05, 4.69) is 0 Å². The molecule has 0 amide bonds. The summed E-state index contributed by atoms with van der Waals surface area (Å²) in [7, 11) is 0. The van der Waals surface area contributed by atoms with E-state index in [1.807, 2.05) is 48.9 Å². The largest absolute Gasteiger partial charge is 0.464 e. The van der Waals surface area contributed by atoms with Gasteiger partial charge in [-0.15, -0.1) is 0 Å². The molecule has 0 aliphatic heterocycles. The van der Waals surface area contributed by atoms with Crippen molar-refractivity contribution in [3.8, 4) is 0 Å². The number of hydrogen-bond donors (Lipinski definition) is 1. The molecular formula is C14H18N2O2. The molecule has 2 rings (SSSR count). The van der Waals surface area contributed by atoms with Crippen molar-refractivity contribution >= 4 is 22.6 Å². The Morgan fingerprint density at radius 3 is 2.78 bits per heavy atom. The lowest BCUT2D eigenvalue weighted by atomic mass is 10.1.